The summed E-state index contributed by atoms with van der Waals surface area (Å²) in [6.45, 7) is 2.75. The van der Waals surface area contributed by atoms with Gasteiger partial charge >= 0.3 is 0 Å². The lowest BCUT2D eigenvalue weighted by atomic mass is 10.3. The van der Waals surface area contributed by atoms with E-state index in [1.165, 1.54) is 0 Å². The number of aliphatic hydroxyl groups is 1. The van der Waals surface area contributed by atoms with E-state index < -0.39 is 0 Å². The molecule has 2 N–H and O–H groups in total. The third kappa shape index (κ3) is 2.28. The van der Waals surface area contributed by atoms with Crippen LogP contribution < -0.4 is 5.32 Å². The molecule has 0 fully saturated rings. The third-order valence-corrected chi connectivity index (χ3v) is 1.71. The topological polar surface area (TPSA) is 63.0 Å². The molecular formula is C7H14N4O. The Morgan fingerprint density at radius 1 is 1.75 bits per heavy atom. The number of aliphatic hydroxyl groups excluding tert-OH is 1. The number of nitrogens with zero attached hydrogens (tertiary/aromatic N) is 3. The zero-order valence-corrected chi connectivity index (χ0v) is 7.36. The summed E-state index contributed by atoms with van der Waals surface area (Å²) in [5.74, 6) is 0. The molecule has 0 aliphatic heterocycles. The Balaban J connectivity index is 2.38. The largest absolute Gasteiger partial charge is 0.395 e. The zero-order valence-electron chi connectivity index (χ0n) is 7.36. The average molecular weight is 170 g/mol. The fourth-order valence-corrected chi connectivity index (χ4v) is 0.814. The van der Waals surface area contributed by atoms with Crippen molar-refractivity contribution in [3.63, 3.8) is 0 Å². The van der Waals surface area contributed by atoms with Gasteiger partial charge in [0.25, 0.3) is 0 Å². The molecule has 12 heavy (non-hydrogen) atoms. The molecule has 0 saturated carbocycles. The molecule has 0 aliphatic rings. The van der Waals surface area contributed by atoms with Gasteiger partial charge < -0.3 is 10.4 Å². The molecule has 1 aromatic rings. The van der Waals surface area contributed by atoms with Crippen molar-refractivity contribution in [1.29, 1.82) is 0 Å². The van der Waals surface area contributed by atoms with E-state index >= 15 is 0 Å². The Morgan fingerprint density at radius 3 is 3.00 bits per heavy atom. The van der Waals surface area contributed by atoms with Gasteiger partial charge in [0.05, 0.1) is 18.5 Å². The standard InChI is InChI=1S/C7H14N4O/c1-6(5-12)8-3-7-4-9-10-11(7)2/h4,6,8,12H,3,5H2,1-2H3/t6-/m1/s1. The molecular weight excluding hydrogens is 156 g/mol. The second-order valence-corrected chi connectivity index (χ2v) is 2.81. The first-order valence-electron chi connectivity index (χ1n) is 3.92. The van der Waals surface area contributed by atoms with E-state index in [1.54, 1.807) is 10.9 Å². The van der Waals surface area contributed by atoms with E-state index in [-0.39, 0.29) is 12.6 Å². The van der Waals surface area contributed by atoms with Crippen molar-refractivity contribution in [2.75, 3.05) is 6.61 Å². The summed E-state index contributed by atoms with van der Waals surface area (Å²) in [6, 6.07) is 0.111. The number of hydrogen-bond acceptors (Lipinski definition) is 4. The van der Waals surface area contributed by atoms with Gasteiger partial charge in [-0.2, -0.15) is 0 Å². The fraction of sp³-hybridized carbons (Fsp3) is 0.714. The van der Waals surface area contributed by atoms with Crippen molar-refractivity contribution < 1.29 is 5.11 Å². The van der Waals surface area contributed by atoms with Crippen molar-refractivity contribution in [3.8, 4) is 0 Å². The van der Waals surface area contributed by atoms with E-state index in [1.807, 2.05) is 14.0 Å². The van der Waals surface area contributed by atoms with Crippen molar-refractivity contribution in [2.45, 2.75) is 19.5 Å². The van der Waals surface area contributed by atoms with Crippen LogP contribution in [0.2, 0.25) is 0 Å². The molecule has 0 unspecified atom stereocenters. The van der Waals surface area contributed by atoms with E-state index in [0.717, 1.165) is 5.69 Å². The van der Waals surface area contributed by atoms with Crippen LogP contribution in [-0.4, -0.2) is 32.7 Å². The Morgan fingerprint density at radius 2 is 2.50 bits per heavy atom. The van der Waals surface area contributed by atoms with Crippen molar-refractivity contribution >= 4 is 0 Å². The maximum Gasteiger partial charge on any atom is 0.0738 e. The predicted molar refractivity (Wildman–Crippen MR) is 44.4 cm³/mol. The van der Waals surface area contributed by atoms with Crippen LogP contribution >= 0.6 is 0 Å². The molecule has 0 bridgehead atoms. The van der Waals surface area contributed by atoms with E-state index in [2.05, 4.69) is 15.6 Å². The molecule has 0 spiro atoms. The van der Waals surface area contributed by atoms with Gasteiger partial charge in [-0.25, -0.2) is 0 Å². The lowest BCUT2D eigenvalue weighted by Gasteiger charge is -2.09. The van der Waals surface area contributed by atoms with Crippen LogP contribution in [0.15, 0.2) is 6.20 Å². The molecule has 1 aromatic heterocycles. The summed E-state index contributed by atoms with van der Waals surface area (Å²) in [5, 5.41) is 19.4. The van der Waals surface area contributed by atoms with Gasteiger partial charge in [0.1, 0.15) is 0 Å². The summed E-state index contributed by atoms with van der Waals surface area (Å²) in [4.78, 5) is 0. The number of aromatic nitrogens is 3. The molecule has 0 saturated heterocycles. The Hall–Kier alpha value is -0.940. The average Bonchev–Trinajstić information content (AvgIpc) is 2.47. The summed E-state index contributed by atoms with van der Waals surface area (Å²) in [7, 11) is 1.84. The van der Waals surface area contributed by atoms with Crippen LogP contribution in [-0.2, 0) is 13.6 Å². The van der Waals surface area contributed by atoms with Gasteiger partial charge in [-0.3, -0.25) is 4.68 Å². The smallest absolute Gasteiger partial charge is 0.0738 e. The highest BCUT2D eigenvalue weighted by Crippen LogP contribution is 1.92. The summed E-state index contributed by atoms with van der Waals surface area (Å²) < 4.78 is 1.71. The lowest BCUT2D eigenvalue weighted by Crippen LogP contribution is -2.29. The van der Waals surface area contributed by atoms with Crippen LogP contribution in [0.1, 0.15) is 12.6 Å². The molecule has 0 aliphatic carbocycles. The highest BCUT2D eigenvalue weighted by atomic mass is 16.3. The minimum atomic E-state index is 0.111. The van der Waals surface area contributed by atoms with Crippen LogP contribution in [0.25, 0.3) is 0 Å². The molecule has 0 amide bonds. The maximum absolute atomic E-state index is 8.73. The van der Waals surface area contributed by atoms with E-state index in [9.17, 15) is 0 Å². The van der Waals surface area contributed by atoms with Crippen LogP contribution in [0.4, 0.5) is 0 Å². The van der Waals surface area contributed by atoms with Crippen LogP contribution in [0.3, 0.4) is 0 Å². The highest BCUT2D eigenvalue weighted by molar-refractivity contribution is 4.92. The highest BCUT2D eigenvalue weighted by Gasteiger charge is 2.01. The molecule has 1 rings (SSSR count). The SMILES string of the molecule is C[C@H](CO)NCc1cnnn1C. The second-order valence-electron chi connectivity index (χ2n) is 2.81. The number of aryl methyl sites for hydroxylation is 1. The van der Waals surface area contributed by atoms with Crippen LogP contribution in [0, 0.1) is 0 Å². The molecule has 5 heteroatoms. The normalized spacial score (nSPS) is 13.2. The Labute approximate surface area is 71.4 Å². The quantitative estimate of drug-likeness (QED) is 0.626. The fourth-order valence-electron chi connectivity index (χ4n) is 0.814. The van der Waals surface area contributed by atoms with Gasteiger partial charge in [-0.1, -0.05) is 5.21 Å². The molecule has 1 heterocycles. The van der Waals surface area contributed by atoms with Gasteiger partial charge in [0, 0.05) is 19.6 Å². The Kier molecular flexibility index (Phi) is 3.19. The molecule has 0 aromatic carbocycles. The van der Waals surface area contributed by atoms with Crippen molar-refractivity contribution in [1.82, 2.24) is 20.3 Å². The van der Waals surface area contributed by atoms with Gasteiger partial charge in [0.15, 0.2) is 0 Å². The molecule has 1 atom stereocenters. The van der Waals surface area contributed by atoms with Crippen LogP contribution in [0.5, 0.6) is 0 Å². The minimum absolute atomic E-state index is 0.111. The number of rotatable bonds is 4. The first kappa shape index (κ1) is 9.15. The minimum Gasteiger partial charge on any atom is -0.395 e. The monoisotopic (exact) mass is 170 g/mol. The lowest BCUT2D eigenvalue weighted by molar-refractivity contribution is 0.250. The summed E-state index contributed by atoms with van der Waals surface area (Å²) in [5.41, 5.74) is 1.01. The number of nitrogens with one attached hydrogen (secondary N) is 1. The molecule has 0 radical (unpaired) electrons. The van der Waals surface area contributed by atoms with Gasteiger partial charge in [0.2, 0.25) is 0 Å². The molecule has 5 nitrogen and oxygen atoms in total. The van der Waals surface area contributed by atoms with E-state index in [4.69, 9.17) is 5.11 Å². The van der Waals surface area contributed by atoms with Crippen molar-refractivity contribution in [2.24, 2.45) is 7.05 Å². The van der Waals surface area contributed by atoms with E-state index in [0.29, 0.717) is 6.54 Å². The predicted octanol–water partition coefficient (Wildman–Crippen LogP) is -0.715. The number of hydrogen-bond donors (Lipinski definition) is 2. The summed E-state index contributed by atoms with van der Waals surface area (Å²) in [6.07, 6.45) is 1.71. The maximum atomic E-state index is 8.73. The second kappa shape index (κ2) is 4.18. The Bertz CT molecular complexity index is 235. The first-order chi connectivity index (χ1) is 5.74. The first-order valence-corrected chi connectivity index (χ1v) is 3.92. The van der Waals surface area contributed by atoms with Gasteiger partial charge in [-0.15, -0.1) is 5.10 Å². The van der Waals surface area contributed by atoms with Crippen molar-refractivity contribution in [3.05, 3.63) is 11.9 Å². The molecule has 68 valence electrons. The summed E-state index contributed by atoms with van der Waals surface area (Å²) >= 11 is 0. The van der Waals surface area contributed by atoms with Gasteiger partial charge in [-0.05, 0) is 6.92 Å². The third-order valence-electron chi connectivity index (χ3n) is 1.71. The zero-order chi connectivity index (χ0) is 8.97.